The maximum Gasteiger partial charge on any atom is 0.235 e. The van der Waals surface area contributed by atoms with Crippen molar-refractivity contribution >= 4 is 17.5 Å². The Labute approximate surface area is 179 Å². The molecule has 2 bridgehead atoms. The lowest BCUT2D eigenvalue weighted by Crippen LogP contribution is -2.59. The maximum absolute atomic E-state index is 13.1. The zero-order chi connectivity index (χ0) is 21.5. The molecule has 2 amide bonds. The standard InChI is InChI=1S/C23H34N4O3/c1-22(2)19-6-9-23(22,3)21(29)27(20(19)28)11-5-4-10-24-14-16-25(17-15-24)18-7-12-26(30)13-8-18/h7-8,12-13,19H,4-6,9-11,14-17H2,1-3H3/t19-,23-/m1/s1. The van der Waals surface area contributed by atoms with Crippen LogP contribution in [0, 0.1) is 22.0 Å². The molecule has 0 N–H and O–H groups in total. The minimum atomic E-state index is -0.398. The lowest BCUT2D eigenvalue weighted by atomic mass is 9.62. The second-order valence-corrected chi connectivity index (χ2v) is 9.89. The van der Waals surface area contributed by atoms with Gasteiger partial charge in [0.2, 0.25) is 11.8 Å². The molecule has 1 aliphatic carbocycles. The van der Waals surface area contributed by atoms with Crippen molar-refractivity contribution in [1.82, 2.24) is 9.80 Å². The Morgan fingerprint density at radius 2 is 1.67 bits per heavy atom. The third-order valence-corrected chi connectivity index (χ3v) is 8.14. The van der Waals surface area contributed by atoms with Gasteiger partial charge < -0.3 is 10.1 Å². The number of carbonyl (C=O) groups excluding carboxylic acids is 2. The Balaban J connectivity index is 1.22. The topological polar surface area (TPSA) is 70.8 Å². The molecule has 1 aromatic heterocycles. The smallest absolute Gasteiger partial charge is 0.235 e. The van der Waals surface area contributed by atoms with E-state index in [-0.39, 0.29) is 23.1 Å². The number of amides is 2. The van der Waals surface area contributed by atoms with Gasteiger partial charge in [0.05, 0.1) is 5.41 Å². The number of anilines is 1. The molecule has 3 aliphatic rings. The predicted octanol–water partition coefficient (Wildman–Crippen LogP) is 2.03. The minimum absolute atomic E-state index is 0.0117. The van der Waals surface area contributed by atoms with Crippen LogP contribution in [-0.4, -0.2) is 60.9 Å². The number of hydrogen-bond donors (Lipinski definition) is 0. The van der Waals surface area contributed by atoms with Crippen LogP contribution in [0.5, 0.6) is 0 Å². The summed E-state index contributed by atoms with van der Waals surface area (Å²) in [6, 6.07) is 3.73. The molecule has 1 saturated carbocycles. The highest BCUT2D eigenvalue weighted by Gasteiger charge is 2.64. The van der Waals surface area contributed by atoms with Gasteiger partial charge in [0.25, 0.3) is 0 Å². The van der Waals surface area contributed by atoms with Gasteiger partial charge in [-0.3, -0.25) is 19.4 Å². The van der Waals surface area contributed by atoms with Crippen molar-refractivity contribution in [2.45, 2.75) is 46.5 Å². The summed E-state index contributed by atoms with van der Waals surface area (Å²) in [5.74, 6) is 0.0836. The Hall–Kier alpha value is -2.15. The van der Waals surface area contributed by atoms with Crippen molar-refractivity contribution in [2.24, 2.45) is 16.7 Å². The molecular formula is C23H34N4O3. The largest absolute Gasteiger partial charge is 0.619 e. The van der Waals surface area contributed by atoms with E-state index >= 15 is 0 Å². The number of likely N-dealkylation sites (tertiary alicyclic amines) is 1. The van der Waals surface area contributed by atoms with Crippen LogP contribution >= 0.6 is 0 Å². The molecule has 30 heavy (non-hydrogen) atoms. The Kier molecular flexibility index (Phi) is 5.51. The highest BCUT2D eigenvalue weighted by atomic mass is 16.5. The van der Waals surface area contributed by atoms with E-state index in [9.17, 15) is 14.8 Å². The molecule has 0 aromatic carbocycles. The van der Waals surface area contributed by atoms with Gasteiger partial charge in [-0.25, -0.2) is 0 Å². The number of aromatic nitrogens is 1. The molecule has 2 aliphatic heterocycles. The summed E-state index contributed by atoms with van der Waals surface area (Å²) in [6.07, 6.45) is 6.60. The summed E-state index contributed by atoms with van der Waals surface area (Å²) < 4.78 is 0.810. The Morgan fingerprint density at radius 3 is 2.33 bits per heavy atom. The first-order valence-electron chi connectivity index (χ1n) is 11.3. The lowest BCUT2D eigenvalue weighted by molar-refractivity contribution is -0.605. The number of imide groups is 1. The van der Waals surface area contributed by atoms with Crippen molar-refractivity contribution in [3.63, 3.8) is 0 Å². The van der Waals surface area contributed by atoms with Crippen LogP contribution < -0.4 is 9.63 Å². The molecule has 2 atom stereocenters. The van der Waals surface area contributed by atoms with Gasteiger partial charge in [-0.2, -0.15) is 4.73 Å². The van der Waals surface area contributed by atoms with Crippen molar-refractivity contribution in [1.29, 1.82) is 0 Å². The van der Waals surface area contributed by atoms with E-state index in [2.05, 4.69) is 30.6 Å². The molecule has 0 spiro atoms. The highest BCUT2D eigenvalue weighted by molar-refractivity contribution is 6.03. The number of pyridine rings is 1. The first-order chi connectivity index (χ1) is 14.2. The van der Waals surface area contributed by atoms with Crippen LogP contribution in [0.25, 0.3) is 0 Å². The number of hydrogen-bond acceptors (Lipinski definition) is 5. The first kappa shape index (κ1) is 21.1. The third-order valence-electron chi connectivity index (χ3n) is 8.14. The van der Waals surface area contributed by atoms with Crippen LogP contribution in [0.4, 0.5) is 5.69 Å². The number of rotatable bonds is 6. The normalized spacial score (nSPS) is 29.0. The van der Waals surface area contributed by atoms with Gasteiger partial charge in [0, 0.05) is 56.5 Å². The van der Waals surface area contributed by atoms with Crippen LogP contribution in [-0.2, 0) is 9.59 Å². The summed E-state index contributed by atoms with van der Waals surface area (Å²) in [5.41, 5.74) is 0.462. The van der Waals surface area contributed by atoms with Gasteiger partial charge in [0.1, 0.15) is 0 Å². The summed E-state index contributed by atoms with van der Waals surface area (Å²) in [6.45, 7) is 11.6. The summed E-state index contributed by atoms with van der Waals surface area (Å²) >= 11 is 0. The van der Waals surface area contributed by atoms with Crippen LogP contribution in [0.2, 0.25) is 0 Å². The fraction of sp³-hybridized carbons (Fsp3) is 0.696. The Morgan fingerprint density at radius 1 is 1.03 bits per heavy atom. The van der Waals surface area contributed by atoms with Gasteiger partial charge in [0.15, 0.2) is 12.4 Å². The van der Waals surface area contributed by atoms with Crippen LogP contribution in [0.15, 0.2) is 24.5 Å². The molecular weight excluding hydrogens is 380 g/mol. The summed E-state index contributed by atoms with van der Waals surface area (Å²) in [7, 11) is 0. The number of unbranched alkanes of at least 4 members (excludes halogenated alkanes) is 1. The van der Waals surface area contributed by atoms with E-state index in [4.69, 9.17) is 0 Å². The van der Waals surface area contributed by atoms with Gasteiger partial charge in [-0.1, -0.05) is 20.8 Å². The monoisotopic (exact) mass is 414 g/mol. The van der Waals surface area contributed by atoms with E-state index in [1.165, 1.54) is 0 Å². The van der Waals surface area contributed by atoms with Crippen molar-refractivity contribution < 1.29 is 14.3 Å². The fourth-order valence-electron chi connectivity index (χ4n) is 5.56. The second kappa shape index (κ2) is 7.84. The van der Waals surface area contributed by atoms with Gasteiger partial charge in [-0.05, 0) is 37.6 Å². The molecule has 1 aromatic rings. The van der Waals surface area contributed by atoms with E-state index < -0.39 is 5.41 Å². The van der Waals surface area contributed by atoms with Crippen molar-refractivity contribution in [2.75, 3.05) is 44.2 Å². The van der Waals surface area contributed by atoms with E-state index in [0.29, 0.717) is 6.54 Å². The predicted molar refractivity (Wildman–Crippen MR) is 115 cm³/mol. The molecule has 3 fully saturated rings. The zero-order valence-corrected chi connectivity index (χ0v) is 18.5. The number of carbonyl (C=O) groups is 2. The lowest BCUT2D eigenvalue weighted by Gasteiger charge is -2.47. The highest BCUT2D eigenvalue weighted by Crippen LogP contribution is 2.60. The van der Waals surface area contributed by atoms with Crippen molar-refractivity contribution in [3.8, 4) is 0 Å². The first-order valence-corrected chi connectivity index (χ1v) is 11.3. The van der Waals surface area contributed by atoms with Crippen LogP contribution in [0.3, 0.4) is 0 Å². The number of fused-ring (bicyclic) bond motifs is 2. The zero-order valence-electron chi connectivity index (χ0n) is 18.5. The average Bonchev–Trinajstić information content (AvgIpc) is 2.92. The van der Waals surface area contributed by atoms with E-state index in [1.807, 2.05) is 12.1 Å². The molecule has 0 radical (unpaired) electrons. The Bertz CT molecular complexity index is 801. The third kappa shape index (κ3) is 3.47. The average molecular weight is 415 g/mol. The van der Waals surface area contributed by atoms with Crippen molar-refractivity contribution in [3.05, 3.63) is 29.7 Å². The summed E-state index contributed by atoms with van der Waals surface area (Å²) in [5, 5.41) is 11.2. The van der Waals surface area contributed by atoms with E-state index in [0.717, 1.165) is 68.8 Å². The summed E-state index contributed by atoms with van der Waals surface area (Å²) in [4.78, 5) is 32.3. The fourth-order valence-corrected chi connectivity index (χ4v) is 5.56. The molecule has 7 nitrogen and oxygen atoms in total. The molecule has 7 heteroatoms. The second-order valence-electron chi connectivity index (χ2n) is 9.89. The quantitative estimate of drug-likeness (QED) is 0.308. The number of piperidine rings is 1. The molecule has 164 valence electrons. The maximum atomic E-state index is 13.1. The SMILES string of the molecule is CC1(C)[C@@H]2CC[C@]1(C)C(=O)N(CCCCN1CCN(c3cc[n+]([O-])cc3)CC1)C2=O. The number of piperazine rings is 1. The van der Waals surface area contributed by atoms with Crippen LogP contribution in [0.1, 0.15) is 46.5 Å². The molecule has 4 rings (SSSR count). The van der Waals surface area contributed by atoms with Gasteiger partial charge in [-0.15, -0.1) is 0 Å². The molecule has 0 unspecified atom stereocenters. The molecule has 2 saturated heterocycles. The minimum Gasteiger partial charge on any atom is -0.619 e. The van der Waals surface area contributed by atoms with Gasteiger partial charge >= 0.3 is 0 Å². The van der Waals surface area contributed by atoms with E-state index in [1.54, 1.807) is 17.3 Å². The molecule has 3 heterocycles. The number of nitrogens with zero attached hydrogens (tertiary/aromatic N) is 4.